The molecule has 5 rings (SSSR count). The topological polar surface area (TPSA) is 66.8 Å². The van der Waals surface area contributed by atoms with Gasteiger partial charge in [-0.1, -0.05) is 54.6 Å². The first-order valence-corrected chi connectivity index (χ1v) is 12.4. The average molecular weight is 532 g/mol. The maximum Gasteiger partial charge on any atom is 0.416 e. The number of hydrogen-bond acceptors (Lipinski definition) is 3. The van der Waals surface area contributed by atoms with Crippen LogP contribution in [0.5, 0.6) is 5.75 Å². The Labute approximate surface area is 223 Å². The predicted molar refractivity (Wildman–Crippen MR) is 142 cm³/mol. The van der Waals surface area contributed by atoms with E-state index in [2.05, 4.69) is 0 Å². The lowest BCUT2D eigenvalue weighted by Gasteiger charge is -2.20. The van der Waals surface area contributed by atoms with Crippen LogP contribution >= 0.6 is 0 Å². The lowest BCUT2D eigenvalue weighted by molar-refractivity contribution is -0.137. The molecule has 1 fully saturated rings. The van der Waals surface area contributed by atoms with Crippen LogP contribution in [0.25, 0.3) is 22.3 Å². The van der Waals surface area contributed by atoms with Crippen LogP contribution in [0.1, 0.15) is 34.3 Å². The zero-order valence-electron chi connectivity index (χ0n) is 20.7. The van der Waals surface area contributed by atoms with E-state index in [1.807, 2.05) is 30.3 Å². The van der Waals surface area contributed by atoms with Crippen molar-refractivity contribution in [2.75, 3.05) is 11.4 Å². The lowest BCUT2D eigenvalue weighted by atomic mass is 9.91. The number of ether oxygens (including phenoxy) is 1. The summed E-state index contributed by atoms with van der Waals surface area (Å²) in [5, 5.41) is 9.78. The molecule has 0 atom stereocenters. The Hall–Kier alpha value is -4.59. The fraction of sp³-hybridized carbons (Fsp3) is 0.161. The van der Waals surface area contributed by atoms with E-state index in [1.54, 1.807) is 30.3 Å². The summed E-state index contributed by atoms with van der Waals surface area (Å²) in [5.41, 5.74) is 2.06. The van der Waals surface area contributed by atoms with Crippen molar-refractivity contribution in [1.29, 1.82) is 0 Å². The Morgan fingerprint density at radius 2 is 1.59 bits per heavy atom. The second-order valence-corrected chi connectivity index (χ2v) is 9.25. The number of carboxylic acids is 1. The van der Waals surface area contributed by atoms with Crippen molar-refractivity contribution in [3.63, 3.8) is 0 Å². The zero-order chi connectivity index (χ0) is 27.6. The van der Waals surface area contributed by atoms with Crippen LogP contribution in [0.4, 0.5) is 18.9 Å². The van der Waals surface area contributed by atoms with Gasteiger partial charge in [0.25, 0.3) is 0 Å². The van der Waals surface area contributed by atoms with Crippen molar-refractivity contribution >= 4 is 17.6 Å². The molecule has 1 N–H and O–H groups in total. The highest BCUT2D eigenvalue weighted by atomic mass is 19.4. The molecular weight excluding hydrogens is 507 g/mol. The van der Waals surface area contributed by atoms with Crippen LogP contribution in [0, 0.1) is 0 Å². The Kier molecular flexibility index (Phi) is 7.11. The molecule has 198 valence electrons. The predicted octanol–water partition coefficient (Wildman–Crippen LogP) is 7.44. The van der Waals surface area contributed by atoms with Gasteiger partial charge in [0.15, 0.2) is 0 Å². The molecule has 39 heavy (non-hydrogen) atoms. The van der Waals surface area contributed by atoms with Crippen LogP contribution in [0.3, 0.4) is 0 Å². The summed E-state index contributed by atoms with van der Waals surface area (Å²) < 4.78 is 47.3. The standard InChI is InChI=1S/C31H24F3NO4/c32-31(33,34)23-12-13-28(39-19-20-7-2-1-3-8-20)27(18-23)26-10-5-4-9-25(26)21-15-22(30(37)38)17-24(16-21)35-14-6-11-29(35)36/h1-5,7-10,12-13,15-18H,6,11,14,19H2,(H,37,38). The SMILES string of the molecule is O=C(O)c1cc(-c2ccccc2-c2cc(C(F)(F)F)ccc2OCc2ccccc2)cc(N2CCCC2=O)c1. The molecule has 4 aromatic rings. The van der Waals surface area contributed by atoms with E-state index < -0.39 is 17.7 Å². The number of anilines is 1. The van der Waals surface area contributed by atoms with Gasteiger partial charge >= 0.3 is 12.1 Å². The molecule has 0 aromatic heterocycles. The van der Waals surface area contributed by atoms with Crippen LogP contribution in [0.2, 0.25) is 0 Å². The van der Waals surface area contributed by atoms with Crippen LogP contribution in [-0.4, -0.2) is 23.5 Å². The second kappa shape index (κ2) is 10.6. The third kappa shape index (κ3) is 5.65. The molecule has 0 saturated carbocycles. The lowest BCUT2D eigenvalue weighted by Crippen LogP contribution is -2.24. The summed E-state index contributed by atoms with van der Waals surface area (Å²) >= 11 is 0. The van der Waals surface area contributed by atoms with Gasteiger partial charge in [0.1, 0.15) is 12.4 Å². The first-order valence-electron chi connectivity index (χ1n) is 12.4. The highest BCUT2D eigenvalue weighted by Crippen LogP contribution is 2.42. The van der Waals surface area contributed by atoms with Crippen molar-refractivity contribution in [2.24, 2.45) is 0 Å². The minimum absolute atomic E-state index is 0.0263. The highest BCUT2D eigenvalue weighted by molar-refractivity contribution is 5.99. The molecule has 1 heterocycles. The quantitative estimate of drug-likeness (QED) is 0.269. The van der Waals surface area contributed by atoms with Crippen molar-refractivity contribution in [3.8, 4) is 28.0 Å². The summed E-state index contributed by atoms with van der Waals surface area (Å²) in [6.45, 7) is 0.616. The van der Waals surface area contributed by atoms with E-state index in [-0.39, 0.29) is 29.4 Å². The van der Waals surface area contributed by atoms with Crippen LogP contribution in [-0.2, 0) is 17.6 Å². The molecule has 5 nitrogen and oxygen atoms in total. The number of amides is 1. The van der Waals surface area contributed by atoms with Crippen molar-refractivity contribution < 1.29 is 32.6 Å². The molecule has 1 amide bonds. The molecule has 0 aliphatic carbocycles. The molecule has 8 heteroatoms. The first kappa shape index (κ1) is 26.0. The van der Waals surface area contributed by atoms with Gasteiger partial charge < -0.3 is 14.7 Å². The summed E-state index contributed by atoms with van der Waals surface area (Å²) in [6, 6.07) is 24.0. The maximum absolute atomic E-state index is 13.8. The van der Waals surface area contributed by atoms with Crippen molar-refractivity contribution in [3.05, 3.63) is 108 Å². The Balaban J connectivity index is 1.65. The molecule has 4 aromatic carbocycles. The van der Waals surface area contributed by atoms with Gasteiger partial charge in [-0.2, -0.15) is 13.2 Å². The number of carbonyl (C=O) groups is 2. The van der Waals surface area contributed by atoms with Gasteiger partial charge in [-0.05, 0) is 65.1 Å². The van der Waals surface area contributed by atoms with Crippen LogP contribution < -0.4 is 9.64 Å². The molecule has 1 aliphatic heterocycles. The Morgan fingerprint density at radius 1 is 0.872 bits per heavy atom. The molecule has 1 aliphatic rings. The van der Waals surface area contributed by atoms with E-state index in [4.69, 9.17) is 4.74 Å². The minimum Gasteiger partial charge on any atom is -0.488 e. The third-order valence-corrected chi connectivity index (χ3v) is 6.62. The largest absolute Gasteiger partial charge is 0.488 e. The van der Waals surface area contributed by atoms with E-state index in [1.165, 1.54) is 23.1 Å². The average Bonchev–Trinajstić information content (AvgIpc) is 3.37. The van der Waals surface area contributed by atoms with E-state index >= 15 is 0 Å². The Morgan fingerprint density at radius 3 is 2.26 bits per heavy atom. The van der Waals surface area contributed by atoms with Gasteiger partial charge in [0, 0.05) is 24.2 Å². The Bertz CT molecular complexity index is 1530. The number of carboxylic acid groups (broad SMARTS) is 1. The number of rotatable bonds is 7. The zero-order valence-corrected chi connectivity index (χ0v) is 20.7. The van der Waals surface area contributed by atoms with Crippen LogP contribution in [0.15, 0.2) is 91.0 Å². The normalized spacial score (nSPS) is 13.5. The number of benzene rings is 4. The number of carbonyl (C=O) groups excluding carboxylic acids is 1. The minimum atomic E-state index is -4.58. The number of aromatic carboxylic acids is 1. The monoisotopic (exact) mass is 531 g/mol. The van der Waals surface area contributed by atoms with Crippen molar-refractivity contribution in [2.45, 2.75) is 25.6 Å². The molecule has 1 saturated heterocycles. The van der Waals surface area contributed by atoms with E-state index in [0.29, 0.717) is 41.8 Å². The number of hydrogen-bond donors (Lipinski definition) is 1. The number of halogens is 3. The van der Waals surface area contributed by atoms with Gasteiger partial charge in [0.05, 0.1) is 11.1 Å². The second-order valence-electron chi connectivity index (χ2n) is 9.25. The van der Waals surface area contributed by atoms with Gasteiger partial charge in [0.2, 0.25) is 5.91 Å². The molecule has 0 radical (unpaired) electrons. The molecule has 0 unspecified atom stereocenters. The van der Waals surface area contributed by atoms with Gasteiger partial charge in [-0.25, -0.2) is 4.79 Å². The van der Waals surface area contributed by atoms with Gasteiger partial charge in [-0.15, -0.1) is 0 Å². The highest BCUT2D eigenvalue weighted by Gasteiger charge is 2.32. The van der Waals surface area contributed by atoms with Crippen molar-refractivity contribution in [1.82, 2.24) is 0 Å². The van der Waals surface area contributed by atoms with E-state index in [0.717, 1.165) is 17.7 Å². The summed E-state index contributed by atoms with van der Waals surface area (Å²) in [6.07, 6.45) is -3.54. The summed E-state index contributed by atoms with van der Waals surface area (Å²) in [7, 11) is 0. The van der Waals surface area contributed by atoms with E-state index in [9.17, 15) is 27.9 Å². The fourth-order valence-corrected chi connectivity index (χ4v) is 4.71. The summed E-state index contributed by atoms with van der Waals surface area (Å²) in [5.74, 6) is -1.02. The first-order chi connectivity index (χ1) is 18.7. The van der Waals surface area contributed by atoms with Gasteiger partial charge in [-0.3, -0.25) is 4.79 Å². The number of alkyl halides is 3. The maximum atomic E-state index is 13.8. The molecule has 0 spiro atoms. The molecular formula is C31H24F3NO4. The summed E-state index contributed by atoms with van der Waals surface area (Å²) in [4.78, 5) is 25.9. The fourth-order valence-electron chi connectivity index (χ4n) is 4.71. The molecule has 0 bridgehead atoms. The third-order valence-electron chi connectivity index (χ3n) is 6.62. The number of nitrogens with zero attached hydrogens (tertiary/aromatic N) is 1. The smallest absolute Gasteiger partial charge is 0.416 e.